The highest BCUT2D eigenvalue weighted by molar-refractivity contribution is 6.53. The summed E-state index contributed by atoms with van der Waals surface area (Å²) < 4.78 is 26.2. The number of carbonyl (C=O) groups excluding carboxylic acids is 2. The van der Waals surface area contributed by atoms with Crippen molar-refractivity contribution in [2.45, 2.75) is 10.3 Å². The first-order valence-corrected chi connectivity index (χ1v) is 11.9. The van der Waals surface area contributed by atoms with E-state index in [2.05, 4.69) is 17.2 Å². The van der Waals surface area contributed by atoms with E-state index in [0.717, 1.165) is 17.7 Å². The molecule has 2 atom stereocenters. The van der Waals surface area contributed by atoms with E-state index in [9.17, 15) is 18.4 Å². The van der Waals surface area contributed by atoms with Gasteiger partial charge in [-0.15, -0.1) is 23.2 Å². The number of nitrogens with one attached hydrogen (secondary N) is 2. The number of anilines is 3. The molecule has 1 saturated carbocycles. The van der Waals surface area contributed by atoms with Crippen molar-refractivity contribution in [2.75, 3.05) is 16.4 Å². The van der Waals surface area contributed by atoms with Crippen molar-refractivity contribution in [3.05, 3.63) is 93.5 Å². The molecule has 0 aliphatic heterocycles. The van der Waals surface area contributed by atoms with Crippen LogP contribution < -0.4 is 16.4 Å². The van der Waals surface area contributed by atoms with Gasteiger partial charge in [0.05, 0.1) is 22.2 Å². The molecule has 3 aromatic rings. The topological polar surface area (TPSA) is 84.2 Å². The van der Waals surface area contributed by atoms with E-state index in [-0.39, 0.29) is 22.0 Å². The summed E-state index contributed by atoms with van der Waals surface area (Å²) in [6.45, 7) is 3.68. The summed E-state index contributed by atoms with van der Waals surface area (Å²) in [5.74, 6) is -4.67. The van der Waals surface area contributed by atoms with Gasteiger partial charge in [0.25, 0.3) is 5.91 Å². The molecule has 0 radical (unpaired) electrons. The number of halogens is 6. The van der Waals surface area contributed by atoms with E-state index in [1.54, 1.807) is 24.3 Å². The summed E-state index contributed by atoms with van der Waals surface area (Å²) in [4.78, 5) is 25.7. The van der Waals surface area contributed by atoms with E-state index in [1.165, 1.54) is 18.2 Å². The molecule has 3 aromatic carbocycles. The minimum atomic E-state index is -1.37. The summed E-state index contributed by atoms with van der Waals surface area (Å²) >= 11 is 25.2. The summed E-state index contributed by atoms with van der Waals surface area (Å²) in [5.41, 5.74) is 5.84. The highest BCUT2D eigenvalue weighted by Gasteiger charge is 2.67. The molecule has 2 amide bonds. The van der Waals surface area contributed by atoms with Crippen LogP contribution in [0.25, 0.3) is 6.08 Å². The van der Waals surface area contributed by atoms with Crippen LogP contribution in [-0.4, -0.2) is 16.1 Å². The maximum Gasteiger partial charge on any atom is 0.257 e. The van der Waals surface area contributed by atoms with E-state index >= 15 is 0 Å². The lowest BCUT2D eigenvalue weighted by atomic mass is 10.1. The van der Waals surface area contributed by atoms with Crippen molar-refractivity contribution >= 4 is 81.4 Å². The minimum absolute atomic E-state index is 0.0336. The van der Waals surface area contributed by atoms with Gasteiger partial charge in [0.2, 0.25) is 5.91 Å². The third-order valence-corrected chi connectivity index (χ3v) is 7.39. The summed E-state index contributed by atoms with van der Waals surface area (Å²) in [6.07, 6.45) is 1.60. The number of nitrogens with two attached hydrogens (primary N) is 1. The van der Waals surface area contributed by atoms with E-state index in [1.807, 2.05) is 0 Å². The van der Waals surface area contributed by atoms with Crippen LogP contribution in [0.1, 0.15) is 27.4 Å². The lowest BCUT2D eigenvalue weighted by Crippen LogP contribution is -2.18. The highest BCUT2D eigenvalue weighted by Crippen LogP contribution is 2.65. The first-order valence-electron chi connectivity index (χ1n) is 10.4. The summed E-state index contributed by atoms with van der Waals surface area (Å²) in [5, 5.41) is 5.44. The fourth-order valence-electron chi connectivity index (χ4n) is 3.82. The van der Waals surface area contributed by atoms with Crippen molar-refractivity contribution in [1.29, 1.82) is 0 Å². The molecule has 0 aromatic heterocycles. The third kappa shape index (κ3) is 4.89. The molecule has 0 unspecified atom stereocenters. The molecule has 4 rings (SSSR count). The van der Waals surface area contributed by atoms with E-state index in [4.69, 9.17) is 52.1 Å². The van der Waals surface area contributed by atoms with Crippen LogP contribution in [0.5, 0.6) is 0 Å². The molecular formula is C25H17Cl4F2N3O2. The average Bonchev–Trinajstić information content (AvgIpc) is 3.42. The Kier molecular flexibility index (Phi) is 7.21. The van der Waals surface area contributed by atoms with Gasteiger partial charge in [0.1, 0.15) is 15.8 Å². The summed E-state index contributed by atoms with van der Waals surface area (Å²) in [6, 6.07) is 11.3. The quantitative estimate of drug-likeness (QED) is 0.215. The standard InChI is InChI=1S/C25H17Cl4F2N3O2/c1-2-11-3-4-12(9-16(11)27)19-20(25(19,28)29)24(36)33-13-5-6-15(26)14(10-13)23(35)34-18-8-7-17(30)22(32)21(18)31/h2-10,19-20H,1,32H2,(H,33,36)(H,34,35)/t19-,20+/m1/s1. The Hall–Kier alpha value is -2.84. The molecular weight excluding hydrogens is 554 g/mol. The predicted molar refractivity (Wildman–Crippen MR) is 141 cm³/mol. The molecule has 1 aliphatic rings. The van der Waals surface area contributed by atoms with Crippen LogP contribution in [-0.2, 0) is 4.79 Å². The van der Waals surface area contributed by atoms with Crippen LogP contribution in [0.2, 0.25) is 10.0 Å². The van der Waals surface area contributed by atoms with Crippen molar-refractivity contribution in [2.24, 2.45) is 5.92 Å². The number of amides is 2. The van der Waals surface area contributed by atoms with Gasteiger partial charge in [0, 0.05) is 16.6 Å². The Morgan fingerprint density at radius 1 is 1.00 bits per heavy atom. The smallest absolute Gasteiger partial charge is 0.257 e. The number of alkyl halides is 2. The zero-order valence-electron chi connectivity index (χ0n) is 18.2. The van der Waals surface area contributed by atoms with Gasteiger partial charge in [-0.3, -0.25) is 9.59 Å². The molecule has 1 fully saturated rings. The number of hydrogen-bond donors (Lipinski definition) is 3. The van der Waals surface area contributed by atoms with Gasteiger partial charge in [-0.05, 0) is 47.5 Å². The van der Waals surface area contributed by atoms with Crippen LogP contribution in [0.15, 0.2) is 55.1 Å². The molecule has 1 aliphatic carbocycles. The van der Waals surface area contributed by atoms with Crippen LogP contribution in [0.3, 0.4) is 0 Å². The Bertz CT molecular complexity index is 1410. The first kappa shape index (κ1) is 26.2. The second-order valence-corrected chi connectivity index (χ2v) is 10.3. The van der Waals surface area contributed by atoms with Gasteiger partial charge in [-0.2, -0.15) is 0 Å². The van der Waals surface area contributed by atoms with E-state index in [0.29, 0.717) is 10.6 Å². The van der Waals surface area contributed by atoms with Gasteiger partial charge in [0.15, 0.2) is 5.82 Å². The van der Waals surface area contributed by atoms with Gasteiger partial charge < -0.3 is 16.4 Å². The first-order chi connectivity index (χ1) is 16.9. The zero-order valence-corrected chi connectivity index (χ0v) is 21.2. The Balaban J connectivity index is 1.52. The van der Waals surface area contributed by atoms with Crippen molar-refractivity contribution in [3.8, 4) is 0 Å². The predicted octanol–water partition coefficient (Wildman–Crippen LogP) is 7.28. The maximum absolute atomic E-state index is 14.2. The summed E-state index contributed by atoms with van der Waals surface area (Å²) in [7, 11) is 0. The Labute approximate surface area is 225 Å². The van der Waals surface area contributed by atoms with E-state index < -0.39 is 45.3 Å². The maximum atomic E-state index is 14.2. The molecule has 5 nitrogen and oxygen atoms in total. The highest BCUT2D eigenvalue weighted by atomic mass is 35.5. The Morgan fingerprint density at radius 2 is 1.72 bits per heavy atom. The van der Waals surface area contributed by atoms with Crippen molar-refractivity contribution in [1.82, 2.24) is 0 Å². The number of carbonyl (C=O) groups is 2. The number of rotatable bonds is 6. The lowest BCUT2D eigenvalue weighted by Gasteiger charge is -2.11. The number of hydrogen-bond acceptors (Lipinski definition) is 3. The fourth-order valence-corrected chi connectivity index (χ4v) is 5.12. The van der Waals surface area contributed by atoms with Gasteiger partial charge in [-0.25, -0.2) is 8.78 Å². The molecule has 0 spiro atoms. The molecule has 186 valence electrons. The molecule has 0 heterocycles. The largest absolute Gasteiger partial charge is 0.394 e. The lowest BCUT2D eigenvalue weighted by molar-refractivity contribution is -0.117. The molecule has 11 heteroatoms. The van der Waals surface area contributed by atoms with Crippen LogP contribution in [0.4, 0.5) is 25.8 Å². The second-order valence-electron chi connectivity index (χ2n) is 8.08. The van der Waals surface area contributed by atoms with Crippen molar-refractivity contribution in [3.63, 3.8) is 0 Å². The second kappa shape index (κ2) is 9.90. The normalized spacial score (nSPS) is 17.8. The molecule has 0 bridgehead atoms. The van der Waals surface area contributed by atoms with Crippen molar-refractivity contribution < 1.29 is 18.4 Å². The monoisotopic (exact) mass is 569 g/mol. The van der Waals surface area contributed by atoms with Gasteiger partial charge >= 0.3 is 0 Å². The van der Waals surface area contributed by atoms with Crippen LogP contribution in [0, 0.1) is 17.6 Å². The molecule has 0 saturated heterocycles. The zero-order chi connectivity index (χ0) is 26.4. The third-order valence-electron chi connectivity index (χ3n) is 5.79. The number of nitrogen functional groups attached to an aromatic ring is 1. The SMILES string of the molecule is C=Cc1ccc([C@@H]2[C@@H](C(=O)Nc3ccc(Cl)c(C(=O)Nc4ccc(F)c(N)c4F)c3)C2(Cl)Cl)cc1Cl. The van der Waals surface area contributed by atoms with Gasteiger partial charge in [-0.1, -0.05) is 48.0 Å². The minimum Gasteiger partial charge on any atom is -0.394 e. The molecule has 36 heavy (non-hydrogen) atoms. The average molecular weight is 571 g/mol. The van der Waals surface area contributed by atoms with Crippen LogP contribution >= 0.6 is 46.4 Å². The molecule has 4 N–H and O–H groups in total. The fraction of sp³-hybridized carbons (Fsp3) is 0.120. The number of benzene rings is 3. The Morgan fingerprint density at radius 3 is 2.39 bits per heavy atom.